The van der Waals surface area contributed by atoms with Crippen molar-refractivity contribution in [2.45, 2.75) is 23.0 Å². The Morgan fingerprint density at radius 3 is 2.67 bits per heavy atom. The van der Waals surface area contributed by atoms with Gasteiger partial charge in [-0.1, -0.05) is 11.6 Å². The molecule has 2 aromatic rings. The lowest BCUT2D eigenvalue weighted by molar-refractivity contribution is 0.273. The molecule has 0 radical (unpaired) electrons. The standard InChI is InChI=1S/C13H16ClNO3S3/c14-12-1-2-13(20-12)21(17,18)15-6-3-10(4-7-16)11-5-8-19-9-11/h1-2,5,8-10,15-16H,3-4,6-7H2. The highest BCUT2D eigenvalue weighted by atomic mass is 35.5. The van der Waals surface area contributed by atoms with Crippen LogP contribution in [0.5, 0.6) is 0 Å². The van der Waals surface area contributed by atoms with Crippen molar-refractivity contribution in [3.8, 4) is 0 Å². The summed E-state index contributed by atoms with van der Waals surface area (Å²) in [6.07, 6.45) is 1.28. The Morgan fingerprint density at radius 2 is 2.10 bits per heavy atom. The number of hydrogen-bond donors (Lipinski definition) is 2. The maximum absolute atomic E-state index is 12.1. The topological polar surface area (TPSA) is 66.4 Å². The number of halogens is 1. The number of aliphatic hydroxyl groups excluding tert-OH is 1. The summed E-state index contributed by atoms with van der Waals surface area (Å²) in [5.74, 6) is 0.163. The van der Waals surface area contributed by atoms with Gasteiger partial charge >= 0.3 is 0 Å². The van der Waals surface area contributed by atoms with Gasteiger partial charge in [0.15, 0.2) is 0 Å². The van der Waals surface area contributed by atoms with E-state index in [1.54, 1.807) is 17.4 Å². The van der Waals surface area contributed by atoms with Crippen LogP contribution in [0.2, 0.25) is 4.34 Å². The second-order valence-corrected chi connectivity index (χ2v) is 9.00. The molecule has 2 aromatic heterocycles. The molecule has 0 bridgehead atoms. The fraction of sp³-hybridized carbons (Fsp3) is 0.385. The Balaban J connectivity index is 1.93. The van der Waals surface area contributed by atoms with E-state index in [0.717, 1.165) is 16.9 Å². The van der Waals surface area contributed by atoms with Gasteiger partial charge < -0.3 is 5.11 Å². The van der Waals surface area contributed by atoms with Gasteiger partial charge in [-0.3, -0.25) is 0 Å². The first-order chi connectivity index (χ1) is 10.0. The van der Waals surface area contributed by atoms with Crippen molar-refractivity contribution in [2.75, 3.05) is 13.2 Å². The molecule has 1 atom stereocenters. The van der Waals surface area contributed by atoms with Gasteiger partial charge in [-0.2, -0.15) is 11.3 Å². The Bertz CT molecular complexity index is 652. The van der Waals surface area contributed by atoms with Gasteiger partial charge in [0, 0.05) is 13.2 Å². The summed E-state index contributed by atoms with van der Waals surface area (Å²) in [6, 6.07) is 5.08. The number of thiophene rings is 2. The molecule has 2 N–H and O–H groups in total. The van der Waals surface area contributed by atoms with Crippen LogP contribution in [0.15, 0.2) is 33.2 Å². The number of nitrogens with one attached hydrogen (secondary N) is 1. The highest BCUT2D eigenvalue weighted by Gasteiger charge is 2.18. The molecular formula is C13H16ClNO3S3. The van der Waals surface area contributed by atoms with Crippen molar-refractivity contribution >= 4 is 44.3 Å². The van der Waals surface area contributed by atoms with Crippen LogP contribution in [0.25, 0.3) is 0 Å². The van der Waals surface area contributed by atoms with Crippen LogP contribution in [0, 0.1) is 0 Å². The molecule has 0 spiro atoms. The van der Waals surface area contributed by atoms with Crippen molar-refractivity contribution in [3.05, 3.63) is 38.9 Å². The first kappa shape index (κ1) is 16.9. The third kappa shape index (κ3) is 4.77. The summed E-state index contributed by atoms with van der Waals surface area (Å²) < 4.78 is 27.4. The summed E-state index contributed by atoms with van der Waals surface area (Å²) in [5.41, 5.74) is 1.15. The van der Waals surface area contributed by atoms with Crippen LogP contribution in [0.4, 0.5) is 0 Å². The molecular weight excluding hydrogens is 350 g/mol. The lowest BCUT2D eigenvalue weighted by Crippen LogP contribution is -2.25. The van der Waals surface area contributed by atoms with E-state index in [9.17, 15) is 8.42 Å². The van der Waals surface area contributed by atoms with Crippen molar-refractivity contribution in [1.82, 2.24) is 4.72 Å². The lowest BCUT2D eigenvalue weighted by Gasteiger charge is -2.14. The van der Waals surface area contributed by atoms with Crippen LogP contribution in [0.3, 0.4) is 0 Å². The van der Waals surface area contributed by atoms with Gasteiger partial charge in [-0.25, -0.2) is 13.1 Å². The molecule has 1 unspecified atom stereocenters. The predicted molar refractivity (Wildman–Crippen MR) is 87.9 cm³/mol. The number of hydrogen-bond acceptors (Lipinski definition) is 5. The number of sulfonamides is 1. The molecule has 8 heteroatoms. The second-order valence-electron chi connectivity index (χ2n) is 4.51. The van der Waals surface area contributed by atoms with Gasteiger partial charge in [0.25, 0.3) is 0 Å². The SMILES string of the molecule is O=S(=O)(NCCC(CCO)c1ccsc1)c1ccc(Cl)s1. The van der Waals surface area contributed by atoms with E-state index in [0.29, 0.717) is 23.7 Å². The summed E-state index contributed by atoms with van der Waals surface area (Å²) >= 11 is 8.40. The molecule has 2 heterocycles. The second kappa shape index (κ2) is 7.71. The third-order valence-corrected chi connectivity index (χ3v) is 6.98. The highest BCUT2D eigenvalue weighted by Crippen LogP contribution is 2.27. The normalized spacial score (nSPS) is 13.4. The summed E-state index contributed by atoms with van der Waals surface area (Å²) in [4.78, 5) is 0. The van der Waals surface area contributed by atoms with Crippen molar-refractivity contribution in [3.63, 3.8) is 0 Å². The van der Waals surface area contributed by atoms with Crippen LogP contribution < -0.4 is 4.72 Å². The maximum atomic E-state index is 12.1. The first-order valence-corrected chi connectivity index (χ1v) is 10.0. The quantitative estimate of drug-likeness (QED) is 0.754. The number of aliphatic hydroxyl groups is 1. The molecule has 0 aliphatic carbocycles. The minimum absolute atomic E-state index is 0.0911. The molecule has 0 fully saturated rings. The molecule has 116 valence electrons. The zero-order valence-electron chi connectivity index (χ0n) is 11.2. The molecule has 0 saturated carbocycles. The van der Waals surface area contributed by atoms with Crippen LogP contribution in [-0.2, 0) is 10.0 Å². The van der Waals surface area contributed by atoms with Crippen LogP contribution >= 0.6 is 34.3 Å². The van der Waals surface area contributed by atoms with E-state index in [1.807, 2.05) is 16.8 Å². The summed E-state index contributed by atoms with van der Waals surface area (Å²) in [5, 5.41) is 13.1. The molecule has 4 nitrogen and oxygen atoms in total. The van der Waals surface area contributed by atoms with E-state index in [2.05, 4.69) is 4.72 Å². The monoisotopic (exact) mass is 365 g/mol. The lowest BCUT2D eigenvalue weighted by atomic mass is 9.95. The van der Waals surface area contributed by atoms with Gasteiger partial charge in [-0.15, -0.1) is 11.3 Å². The highest BCUT2D eigenvalue weighted by molar-refractivity contribution is 7.91. The molecule has 0 amide bonds. The molecule has 21 heavy (non-hydrogen) atoms. The first-order valence-electron chi connectivity index (χ1n) is 6.41. The minimum Gasteiger partial charge on any atom is -0.396 e. The smallest absolute Gasteiger partial charge is 0.250 e. The van der Waals surface area contributed by atoms with E-state index >= 15 is 0 Å². The Hall–Kier alpha value is -0.440. The van der Waals surface area contributed by atoms with Crippen molar-refractivity contribution in [1.29, 1.82) is 0 Å². The third-order valence-electron chi connectivity index (χ3n) is 3.09. The zero-order valence-corrected chi connectivity index (χ0v) is 14.4. The average molecular weight is 366 g/mol. The van der Waals surface area contributed by atoms with E-state index < -0.39 is 10.0 Å². The van der Waals surface area contributed by atoms with Crippen molar-refractivity contribution in [2.24, 2.45) is 0 Å². The van der Waals surface area contributed by atoms with Gasteiger partial charge in [0.1, 0.15) is 4.21 Å². The van der Waals surface area contributed by atoms with Gasteiger partial charge in [0.2, 0.25) is 10.0 Å². The Kier molecular flexibility index (Phi) is 6.21. The Morgan fingerprint density at radius 1 is 1.29 bits per heavy atom. The molecule has 0 aliphatic rings. The largest absolute Gasteiger partial charge is 0.396 e. The van der Waals surface area contributed by atoms with Gasteiger partial charge in [0.05, 0.1) is 4.34 Å². The minimum atomic E-state index is -3.49. The van der Waals surface area contributed by atoms with Gasteiger partial charge in [-0.05, 0) is 53.3 Å². The maximum Gasteiger partial charge on any atom is 0.250 e. The van der Waals surface area contributed by atoms with Crippen molar-refractivity contribution < 1.29 is 13.5 Å². The molecule has 0 aliphatic heterocycles. The van der Waals surface area contributed by atoms with E-state index in [1.165, 1.54) is 6.07 Å². The number of rotatable bonds is 8. The summed E-state index contributed by atoms with van der Waals surface area (Å²) in [6.45, 7) is 0.423. The average Bonchev–Trinajstić information content (AvgIpc) is 3.08. The van der Waals surface area contributed by atoms with E-state index in [-0.39, 0.29) is 16.7 Å². The zero-order chi connectivity index (χ0) is 15.3. The fourth-order valence-corrected chi connectivity index (χ4v) is 5.34. The van der Waals surface area contributed by atoms with Crippen LogP contribution in [0.1, 0.15) is 24.3 Å². The molecule has 2 rings (SSSR count). The fourth-order valence-electron chi connectivity index (χ4n) is 2.02. The Labute approximate surface area is 137 Å². The molecule has 0 saturated heterocycles. The molecule has 0 aromatic carbocycles. The van der Waals surface area contributed by atoms with E-state index in [4.69, 9.17) is 16.7 Å². The van der Waals surface area contributed by atoms with Crippen LogP contribution in [-0.4, -0.2) is 26.7 Å². The predicted octanol–water partition coefficient (Wildman–Crippen LogP) is 3.30. The summed E-state index contributed by atoms with van der Waals surface area (Å²) in [7, 11) is -3.49.